The number of nitrogens with zero attached hydrogens (tertiary/aromatic N) is 2. The normalized spacial score (nSPS) is 11.0. The van der Waals surface area contributed by atoms with Gasteiger partial charge in [0.05, 0.1) is 0 Å². The average molecular weight is 319 g/mol. The molecule has 3 rings (SSSR count). The summed E-state index contributed by atoms with van der Waals surface area (Å²) in [6.45, 7) is 0.294. The molecule has 0 atom stereocenters. The fraction of sp³-hybridized carbons (Fsp3) is 0.125. The Labute approximate surface area is 130 Å². The third kappa shape index (κ3) is 3.50. The minimum Gasteiger partial charge on any atom is -0.415 e. The number of hydrogen-bond donors (Lipinski definition) is 1. The molecule has 0 amide bonds. The number of anilines is 1. The standard InChI is InChI=1S/C16H12F3N3O/c17-13-8-10(15-21-22-16(23-15)14(18)19)6-7-11(13)9-20-12-4-2-1-3-5-12/h1-8,14,20H,9H2. The maximum absolute atomic E-state index is 14.1. The highest BCUT2D eigenvalue weighted by molar-refractivity contribution is 5.54. The van der Waals surface area contributed by atoms with Gasteiger partial charge in [0.1, 0.15) is 5.82 Å². The number of alkyl halides is 2. The van der Waals surface area contributed by atoms with Crippen LogP contribution in [0.3, 0.4) is 0 Å². The Bertz CT molecular complexity index is 790. The van der Waals surface area contributed by atoms with E-state index in [9.17, 15) is 13.2 Å². The number of para-hydroxylation sites is 1. The van der Waals surface area contributed by atoms with Crippen LogP contribution in [0.5, 0.6) is 0 Å². The largest absolute Gasteiger partial charge is 0.415 e. The molecule has 0 spiro atoms. The quantitative estimate of drug-likeness (QED) is 0.756. The lowest BCUT2D eigenvalue weighted by molar-refractivity contribution is 0.116. The van der Waals surface area contributed by atoms with Crippen LogP contribution in [0.2, 0.25) is 0 Å². The molecule has 1 aromatic heterocycles. The molecule has 0 bridgehead atoms. The molecule has 1 heterocycles. The van der Waals surface area contributed by atoms with Gasteiger partial charge in [0.2, 0.25) is 5.89 Å². The molecule has 0 aliphatic heterocycles. The number of aromatic nitrogens is 2. The minimum absolute atomic E-state index is 0.137. The molecule has 2 aromatic carbocycles. The number of hydrogen-bond acceptors (Lipinski definition) is 4. The lowest BCUT2D eigenvalue weighted by Gasteiger charge is -2.08. The van der Waals surface area contributed by atoms with E-state index in [1.54, 1.807) is 12.1 Å². The van der Waals surface area contributed by atoms with Gasteiger partial charge in [-0.2, -0.15) is 8.78 Å². The van der Waals surface area contributed by atoms with Gasteiger partial charge in [-0.15, -0.1) is 10.2 Å². The van der Waals surface area contributed by atoms with E-state index in [1.165, 1.54) is 6.07 Å². The van der Waals surface area contributed by atoms with Crippen LogP contribution in [0.25, 0.3) is 11.5 Å². The monoisotopic (exact) mass is 319 g/mol. The van der Waals surface area contributed by atoms with E-state index in [2.05, 4.69) is 15.5 Å². The zero-order chi connectivity index (χ0) is 16.2. The van der Waals surface area contributed by atoms with Crippen molar-refractivity contribution in [2.75, 3.05) is 5.32 Å². The van der Waals surface area contributed by atoms with Crippen LogP contribution in [-0.4, -0.2) is 10.2 Å². The van der Waals surface area contributed by atoms with Crippen LogP contribution < -0.4 is 5.32 Å². The van der Waals surface area contributed by atoms with E-state index < -0.39 is 18.1 Å². The predicted molar refractivity (Wildman–Crippen MR) is 78.4 cm³/mol. The molecule has 0 radical (unpaired) electrons. The summed E-state index contributed by atoms with van der Waals surface area (Å²) in [6.07, 6.45) is -2.85. The number of halogens is 3. The first-order chi connectivity index (χ1) is 11.1. The van der Waals surface area contributed by atoms with Crippen LogP contribution in [0.1, 0.15) is 17.9 Å². The fourth-order valence-corrected chi connectivity index (χ4v) is 2.02. The second kappa shape index (κ2) is 6.51. The average Bonchev–Trinajstić information content (AvgIpc) is 3.05. The van der Waals surface area contributed by atoms with Crippen LogP contribution >= 0.6 is 0 Å². The summed E-state index contributed by atoms with van der Waals surface area (Å²) in [5, 5.41) is 9.80. The van der Waals surface area contributed by atoms with E-state index in [1.807, 2.05) is 30.3 Å². The molecule has 0 aliphatic carbocycles. The minimum atomic E-state index is -2.85. The molecule has 1 N–H and O–H groups in total. The molecule has 0 saturated carbocycles. The molecule has 0 aliphatic rings. The second-order valence-corrected chi connectivity index (χ2v) is 4.77. The SMILES string of the molecule is Fc1cc(-c2nnc(C(F)F)o2)ccc1CNc1ccccc1. The first kappa shape index (κ1) is 15.1. The number of rotatable bonds is 5. The zero-order valence-electron chi connectivity index (χ0n) is 11.8. The van der Waals surface area contributed by atoms with Gasteiger partial charge in [-0.25, -0.2) is 4.39 Å². The molecule has 7 heteroatoms. The Morgan fingerprint density at radius 3 is 2.48 bits per heavy atom. The van der Waals surface area contributed by atoms with E-state index in [-0.39, 0.29) is 11.5 Å². The van der Waals surface area contributed by atoms with E-state index in [0.29, 0.717) is 12.1 Å². The maximum atomic E-state index is 14.1. The maximum Gasteiger partial charge on any atom is 0.314 e. The van der Waals surface area contributed by atoms with E-state index >= 15 is 0 Å². The Morgan fingerprint density at radius 1 is 1.04 bits per heavy atom. The van der Waals surface area contributed by atoms with Crippen molar-refractivity contribution in [2.45, 2.75) is 13.0 Å². The van der Waals surface area contributed by atoms with E-state index in [4.69, 9.17) is 4.42 Å². The summed E-state index contributed by atoms with van der Waals surface area (Å²) < 4.78 is 43.8. The Hall–Kier alpha value is -2.83. The smallest absolute Gasteiger partial charge is 0.314 e. The van der Waals surface area contributed by atoms with Gasteiger partial charge in [0, 0.05) is 23.4 Å². The zero-order valence-corrected chi connectivity index (χ0v) is 11.8. The van der Waals surface area contributed by atoms with Gasteiger partial charge in [-0.3, -0.25) is 0 Å². The van der Waals surface area contributed by atoms with Crippen molar-refractivity contribution < 1.29 is 17.6 Å². The summed E-state index contributed by atoms with van der Waals surface area (Å²) in [4.78, 5) is 0. The molecule has 0 unspecified atom stereocenters. The van der Waals surface area contributed by atoms with Gasteiger partial charge in [-0.1, -0.05) is 24.3 Å². The lowest BCUT2D eigenvalue weighted by atomic mass is 10.1. The Morgan fingerprint density at radius 2 is 1.83 bits per heavy atom. The summed E-state index contributed by atoms with van der Waals surface area (Å²) in [6, 6.07) is 13.7. The van der Waals surface area contributed by atoms with Crippen LogP contribution in [-0.2, 0) is 6.54 Å². The van der Waals surface area contributed by atoms with Crippen molar-refractivity contribution in [3.63, 3.8) is 0 Å². The first-order valence-electron chi connectivity index (χ1n) is 6.83. The van der Waals surface area contributed by atoms with Gasteiger partial charge in [0.25, 0.3) is 5.89 Å². The first-order valence-corrected chi connectivity index (χ1v) is 6.83. The molecule has 3 aromatic rings. The van der Waals surface area contributed by atoms with Crippen LogP contribution in [0, 0.1) is 5.82 Å². The molecule has 23 heavy (non-hydrogen) atoms. The van der Waals surface area contributed by atoms with Crippen molar-refractivity contribution in [3.8, 4) is 11.5 Å². The Kier molecular flexibility index (Phi) is 4.27. The lowest BCUT2D eigenvalue weighted by Crippen LogP contribution is -2.01. The third-order valence-corrected chi connectivity index (χ3v) is 3.18. The molecule has 118 valence electrons. The van der Waals surface area contributed by atoms with Crippen molar-refractivity contribution in [3.05, 3.63) is 65.8 Å². The predicted octanol–water partition coefficient (Wildman–Crippen LogP) is 4.43. The highest BCUT2D eigenvalue weighted by atomic mass is 19.3. The van der Waals surface area contributed by atoms with E-state index in [0.717, 1.165) is 5.69 Å². The second-order valence-electron chi connectivity index (χ2n) is 4.77. The van der Waals surface area contributed by atoms with Crippen molar-refractivity contribution >= 4 is 5.69 Å². The highest BCUT2D eigenvalue weighted by Gasteiger charge is 2.17. The fourth-order valence-electron chi connectivity index (χ4n) is 2.02. The van der Waals surface area contributed by atoms with Gasteiger partial charge in [0.15, 0.2) is 0 Å². The van der Waals surface area contributed by atoms with Crippen molar-refractivity contribution in [1.29, 1.82) is 0 Å². The highest BCUT2D eigenvalue weighted by Crippen LogP contribution is 2.25. The van der Waals surface area contributed by atoms with Crippen LogP contribution in [0.4, 0.5) is 18.9 Å². The Balaban J connectivity index is 1.75. The molecular weight excluding hydrogens is 307 g/mol. The molecule has 0 saturated heterocycles. The van der Waals surface area contributed by atoms with Crippen LogP contribution in [0.15, 0.2) is 52.9 Å². The van der Waals surface area contributed by atoms with Gasteiger partial charge >= 0.3 is 6.43 Å². The topological polar surface area (TPSA) is 51.0 Å². The molecular formula is C16H12F3N3O. The van der Waals surface area contributed by atoms with Crippen molar-refractivity contribution in [1.82, 2.24) is 10.2 Å². The van der Waals surface area contributed by atoms with Crippen molar-refractivity contribution in [2.24, 2.45) is 0 Å². The van der Waals surface area contributed by atoms with Gasteiger partial charge < -0.3 is 9.73 Å². The number of benzene rings is 2. The summed E-state index contributed by atoms with van der Waals surface area (Å²) in [5.74, 6) is -1.40. The summed E-state index contributed by atoms with van der Waals surface area (Å²) >= 11 is 0. The third-order valence-electron chi connectivity index (χ3n) is 3.18. The van der Waals surface area contributed by atoms with Gasteiger partial charge in [-0.05, 0) is 24.3 Å². The number of nitrogens with one attached hydrogen (secondary N) is 1. The summed E-state index contributed by atoms with van der Waals surface area (Å²) in [7, 11) is 0. The molecule has 0 fully saturated rings. The summed E-state index contributed by atoms with van der Waals surface area (Å²) in [5.41, 5.74) is 1.56. The molecule has 4 nitrogen and oxygen atoms in total.